The number of carbonyl (C=O) groups is 1. The Balaban J connectivity index is 0.00000210. The van der Waals surface area contributed by atoms with Crippen molar-refractivity contribution in [3.63, 3.8) is 0 Å². The Morgan fingerprint density at radius 3 is 2.38 bits per heavy atom. The second kappa shape index (κ2) is 12.6. The lowest BCUT2D eigenvalue weighted by atomic mass is 10.1. The van der Waals surface area contributed by atoms with Crippen LogP contribution in [-0.2, 0) is 11.2 Å². The first-order valence-corrected chi connectivity index (χ1v) is 9.75. The van der Waals surface area contributed by atoms with Gasteiger partial charge in [0, 0.05) is 57.1 Å². The highest BCUT2D eigenvalue weighted by atomic mass is 35.5. The first-order valence-electron chi connectivity index (χ1n) is 9.75. The molecule has 0 unspecified atom stereocenters. The first-order chi connectivity index (χ1) is 13.1. The van der Waals surface area contributed by atoms with Crippen LogP contribution in [0, 0.1) is 6.92 Å². The van der Waals surface area contributed by atoms with Gasteiger partial charge in [-0.05, 0) is 48.7 Å². The lowest BCUT2D eigenvalue weighted by molar-refractivity contribution is -0.121. The molecular formula is C22H32Cl2N4O. The maximum absolute atomic E-state index is 12.1. The monoisotopic (exact) mass is 438 g/mol. The van der Waals surface area contributed by atoms with E-state index in [9.17, 15) is 4.79 Å². The van der Waals surface area contributed by atoms with E-state index in [4.69, 9.17) is 5.73 Å². The average molecular weight is 439 g/mol. The third kappa shape index (κ3) is 8.13. The summed E-state index contributed by atoms with van der Waals surface area (Å²) in [6.07, 6.45) is 1.40. The summed E-state index contributed by atoms with van der Waals surface area (Å²) in [5.41, 5.74) is 10.2. The quantitative estimate of drug-likeness (QED) is 0.650. The largest absolute Gasteiger partial charge is 0.399 e. The lowest BCUT2D eigenvalue weighted by Crippen LogP contribution is -2.47. The summed E-state index contributed by atoms with van der Waals surface area (Å²) < 4.78 is 0. The van der Waals surface area contributed by atoms with Gasteiger partial charge in [0.25, 0.3) is 0 Å². The summed E-state index contributed by atoms with van der Waals surface area (Å²) >= 11 is 0. The Kier molecular flexibility index (Phi) is 10.9. The minimum absolute atomic E-state index is 0. The molecule has 0 aliphatic carbocycles. The standard InChI is InChI=1S/C22H30N4O.2ClH/c1-18-3-2-4-21(17-18)26-15-13-25(14-16-26)12-10-22(27)24-11-9-19-5-7-20(23)8-6-19;;/h2-8,17H,9-16,23H2,1H3,(H,24,27);2*1H. The second-order valence-corrected chi connectivity index (χ2v) is 7.26. The molecule has 0 atom stereocenters. The number of hydrogen-bond donors (Lipinski definition) is 2. The van der Waals surface area contributed by atoms with Crippen molar-refractivity contribution in [1.82, 2.24) is 10.2 Å². The van der Waals surface area contributed by atoms with Crippen LogP contribution in [0.5, 0.6) is 0 Å². The van der Waals surface area contributed by atoms with Crippen LogP contribution in [0.1, 0.15) is 17.5 Å². The molecular weight excluding hydrogens is 407 g/mol. The number of nitrogens with zero attached hydrogens (tertiary/aromatic N) is 2. The van der Waals surface area contributed by atoms with Gasteiger partial charge in [-0.15, -0.1) is 24.8 Å². The molecule has 1 aliphatic rings. The molecule has 1 fully saturated rings. The molecule has 7 heteroatoms. The van der Waals surface area contributed by atoms with Crippen molar-refractivity contribution >= 4 is 42.1 Å². The van der Waals surface area contributed by atoms with E-state index < -0.39 is 0 Å². The fourth-order valence-corrected chi connectivity index (χ4v) is 3.43. The van der Waals surface area contributed by atoms with Crippen molar-refractivity contribution in [2.24, 2.45) is 0 Å². The summed E-state index contributed by atoms with van der Waals surface area (Å²) in [4.78, 5) is 16.9. The summed E-state index contributed by atoms with van der Waals surface area (Å²) in [7, 11) is 0. The van der Waals surface area contributed by atoms with E-state index in [1.54, 1.807) is 0 Å². The van der Waals surface area contributed by atoms with Gasteiger partial charge < -0.3 is 16.0 Å². The van der Waals surface area contributed by atoms with Gasteiger partial charge in [0.15, 0.2) is 0 Å². The highest BCUT2D eigenvalue weighted by Gasteiger charge is 2.17. The van der Waals surface area contributed by atoms with Crippen LogP contribution in [0.4, 0.5) is 11.4 Å². The fraction of sp³-hybridized carbons (Fsp3) is 0.409. The zero-order valence-electron chi connectivity index (χ0n) is 17.0. The minimum atomic E-state index is 0. The lowest BCUT2D eigenvalue weighted by Gasteiger charge is -2.36. The maximum atomic E-state index is 12.1. The topological polar surface area (TPSA) is 61.6 Å². The van der Waals surface area contributed by atoms with Crippen LogP contribution >= 0.6 is 24.8 Å². The highest BCUT2D eigenvalue weighted by molar-refractivity contribution is 5.85. The molecule has 0 spiro atoms. The van der Waals surface area contributed by atoms with E-state index in [0.717, 1.165) is 44.8 Å². The van der Waals surface area contributed by atoms with Gasteiger partial charge in [-0.25, -0.2) is 0 Å². The predicted molar refractivity (Wildman–Crippen MR) is 127 cm³/mol. The van der Waals surface area contributed by atoms with Gasteiger partial charge in [0.2, 0.25) is 5.91 Å². The molecule has 5 nitrogen and oxygen atoms in total. The van der Waals surface area contributed by atoms with Crippen LogP contribution < -0.4 is 16.0 Å². The van der Waals surface area contributed by atoms with Crippen LogP contribution in [0.2, 0.25) is 0 Å². The number of piperazine rings is 1. The number of aryl methyl sites for hydroxylation is 1. The number of anilines is 2. The normalized spacial score (nSPS) is 13.9. The number of nitrogen functional groups attached to an aromatic ring is 1. The second-order valence-electron chi connectivity index (χ2n) is 7.26. The molecule has 2 aromatic rings. The summed E-state index contributed by atoms with van der Waals surface area (Å²) in [5, 5.41) is 3.02. The molecule has 3 rings (SSSR count). The van der Waals surface area contributed by atoms with Gasteiger partial charge >= 0.3 is 0 Å². The summed E-state index contributed by atoms with van der Waals surface area (Å²) in [6.45, 7) is 7.68. The maximum Gasteiger partial charge on any atom is 0.221 e. The summed E-state index contributed by atoms with van der Waals surface area (Å²) in [6, 6.07) is 16.5. The van der Waals surface area contributed by atoms with Crippen molar-refractivity contribution in [2.45, 2.75) is 19.8 Å². The smallest absolute Gasteiger partial charge is 0.221 e. The number of amides is 1. The van der Waals surface area contributed by atoms with Crippen molar-refractivity contribution in [1.29, 1.82) is 0 Å². The van der Waals surface area contributed by atoms with Crippen molar-refractivity contribution in [2.75, 3.05) is 49.9 Å². The number of benzene rings is 2. The molecule has 1 amide bonds. The van der Waals surface area contributed by atoms with Crippen LogP contribution in [0.25, 0.3) is 0 Å². The van der Waals surface area contributed by atoms with Crippen LogP contribution in [-0.4, -0.2) is 50.1 Å². The van der Waals surface area contributed by atoms with E-state index in [-0.39, 0.29) is 30.7 Å². The van der Waals surface area contributed by atoms with Gasteiger partial charge in [0.1, 0.15) is 0 Å². The molecule has 0 bridgehead atoms. The van der Waals surface area contributed by atoms with Crippen LogP contribution in [0.15, 0.2) is 48.5 Å². The first kappa shape index (κ1) is 25.1. The number of rotatable bonds is 7. The van der Waals surface area contributed by atoms with Crippen molar-refractivity contribution in [3.05, 3.63) is 59.7 Å². The van der Waals surface area contributed by atoms with E-state index in [1.807, 2.05) is 24.3 Å². The van der Waals surface area contributed by atoms with Gasteiger partial charge in [-0.2, -0.15) is 0 Å². The van der Waals surface area contributed by atoms with Gasteiger partial charge in [0.05, 0.1) is 0 Å². The van der Waals surface area contributed by atoms with E-state index in [1.165, 1.54) is 16.8 Å². The third-order valence-electron chi connectivity index (χ3n) is 5.11. The molecule has 1 saturated heterocycles. The van der Waals surface area contributed by atoms with E-state index >= 15 is 0 Å². The number of nitrogens with two attached hydrogens (primary N) is 1. The molecule has 2 aromatic carbocycles. The third-order valence-corrected chi connectivity index (χ3v) is 5.11. The van der Waals surface area contributed by atoms with E-state index in [2.05, 4.69) is 46.3 Å². The highest BCUT2D eigenvalue weighted by Crippen LogP contribution is 2.17. The van der Waals surface area contributed by atoms with Crippen LogP contribution in [0.3, 0.4) is 0 Å². The molecule has 160 valence electrons. The molecule has 0 aromatic heterocycles. The Labute approximate surface area is 186 Å². The molecule has 0 saturated carbocycles. The minimum Gasteiger partial charge on any atom is -0.399 e. The molecule has 29 heavy (non-hydrogen) atoms. The molecule has 0 radical (unpaired) electrons. The van der Waals surface area contributed by atoms with Gasteiger partial charge in [-0.1, -0.05) is 24.3 Å². The van der Waals surface area contributed by atoms with E-state index in [0.29, 0.717) is 13.0 Å². The zero-order chi connectivity index (χ0) is 19.1. The predicted octanol–water partition coefficient (Wildman–Crippen LogP) is 3.29. The molecule has 1 aliphatic heterocycles. The number of carbonyl (C=O) groups excluding carboxylic acids is 1. The fourth-order valence-electron chi connectivity index (χ4n) is 3.43. The number of hydrogen-bond acceptors (Lipinski definition) is 4. The Bertz CT molecular complexity index is 747. The Morgan fingerprint density at radius 1 is 1.03 bits per heavy atom. The van der Waals surface area contributed by atoms with Gasteiger partial charge in [-0.3, -0.25) is 9.69 Å². The molecule has 1 heterocycles. The average Bonchev–Trinajstić information content (AvgIpc) is 2.68. The Morgan fingerprint density at radius 2 is 1.72 bits per heavy atom. The number of halogens is 2. The SMILES string of the molecule is Cc1cccc(N2CCN(CCC(=O)NCCc3ccc(N)cc3)CC2)c1.Cl.Cl. The summed E-state index contributed by atoms with van der Waals surface area (Å²) in [5.74, 6) is 0.131. The molecule has 3 N–H and O–H groups in total. The van der Waals surface area contributed by atoms with Crippen molar-refractivity contribution in [3.8, 4) is 0 Å². The zero-order valence-corrected chi connectivity index (χ0v) is 18.6. The Hall–Kier alpha value is -1.95. The van der Waals surface area contributed by atoms with Crippen molar-refractivity contribution < 1.29 is 4.79 Å². The number of nitrogens with one attached hydrogen (secondary N) is 1.